The summed E-state index contributed by atoms with van der Waals surface area (Å²) in [5.74, 6) is -1.59. The Kier molecular flexibility index (Phi) is 7.88. The molecule has 0 radical (unpaired) electrons. The number of esters is 1. The van der Waals surface area contributed by atoms with Crippen LogP contribution < -0.4 is 0 Å². The molecule has 0 aromatic heterocycles. The van der Waals surface area contributed by atoms with E-state index in [1.54, 1.807) is 0 Å². The molecule has 24 heavy (non-hydrogen) atoms. The highest BCUT2D eigenvalue weighted by Gasteiger charge is 2.46. The van der Waals surface area contributed by atoms with Crippen LogP contribution in [0.4, 0.5) is 0 Å². The van der Waals surface area contributed by atoms with Crippen molar-refractivity contribution in [2.24, 2.45) is 0 Å². The summed E-state index contributed by atoms with van der Waals surface area (Å²) in [7, 11) is 0. The quantitative estimate of drug-likeness (QED) is 0.194. The van der Waals surface area contributed by atoms with Crippen molar-refractivity contribution < 1.29 is 60.2 Å². The van der Waals surface area contributed by atoms with Crippen LogP contribution in [-0.4, -0.2) is 120 Å². The number of ether oxygens (including phenoxy) is 2. The van der Waals surface area contributed by atoms with Gasteiger partial charge in [-0.15, -0.1) is 0 Å². The van der Waals surface area contributed by atoms with Crippen molar-refractivity contribution in [2.75, 3.05) is 13.2 Å². The topological polar surface area (TPSA) is 218 Å². The zero-order valence-electron chi connectivity index (χ0n) is 12.4. The summed E-state index contributed by atoms with van der Waals surface area (Å²) in [5.41, 5.74) is 0. The minimum absolute atomic E-state index is 0.772. The molecule has 142 valence electrons. The summed E-state index contributed by atoms with van der Waals surface area (Å²) in [6.45, 7) is -1.72. The maximum atomic E-state index is 11.7. The van der Waals surface area contributed by atoms with Crippen molar-refractivity contribution in [3.05, 3.63) is 0 Å². The highest BCUT2D eigenvalue weighted by molar-refractivity contribution is 5.75. The lowest BCUT2D eigenvalue weighted by molar-refractivity contribution is -0.295. The molecule has 1 heterocycles. The van der Waals surface area contributed by atoms with Crippen LogP contribution in [0.2, 0.25) is 0 Å². The number of rotatable bonds is 7. The predicted molar refractivity (Wildman–Crippen MR) is 71.0 cm³/mol. The zero-order valence-corrected chi connectivity index (χ0v) is 12.4. The molecule has 0 aromatic carbocycles. The van der Waals surface area contributed by atoms with Crippen molar-refractivity contribution in [3.63, 3.8) is 0 Å². The number of hydrogen-bond acceptors (Lipinski definition) is 12. The van der Waals surface area contributed by atoms with Crippen LogP contribution in [0, 0.1) is 0 Å². The summed E-state index contributed by atoms with van der Waals surface area (Å²) in [5, 5.41) is 84.0. The molecule has 9 N–H and O–H groups in total. The SMILES string of the molecule is O=C(O[C@H]1O[C@H](CO)[C@@H](O)[C@H](O)[C@@H]1O)[C@@H](O)[C@@H](O)[C@H](O)[C@H](O)CO. The van der Waals surface area contributed by atoms with Gasteiger partial charge in [-0.05, 0) is 0 Å². The summed E-state index contributed by atoms with van der Waals surface area (Å²) < 4.78 is 9.40. The van der Waals surface area contributed by atoms with Gasteiger partial charge in [0.05, 0.1) is 13.2 Å². The van der Waals surface area contributed by atoms with Crippen LogP contribution in [0.15, 0.2) is 0 Å². The van der Waals surface area contributed by atoms with E-state index in [2.05, 4.69) is 4.74 Å². The van der Waals surface area contributed by atoms with Gasteiger partial charge in [0.2, 0.25) is 6.29 Å². The van der Waals surface area contributed by atoms with Crippen molar-refractivity contribution in [2.45, 2.75) is 55.1 Å². The Hall–Kier alpha value is -0.930. The third kappa shape index (κ3) is 4.58. The van der Waals surface area contributed by atoms with Crippen LogP contribution in [0.25, 0.3) is 0 Å². The molecule has 0 amide bonds. The number of aliphatic hydroxyl groups is 9. The molecule has 0 spiro atoms. The van der Waals surface area contributed by atoms with Crippen LogP contribution in [0.3, 0.4) is 0 Å². The van der Waals surface area contributed by atoms with Crippen LogP contribution in [0.1, 0.15) is 0 Å². The van der Waals surface area contributed by atoms with Gasteiger partial charge < -0.3 is 55.4 Å². The number of carbonyl (C=O) groups excluding carboxylic acids is 1. The van der Waals surface area contributed by atoms with E-state index in [-0.39, 0.29) is 0 Å². The Morgan fingerprint density at radius 3 is 2.04 bits per heavy atom. The first kappa shape index (κ1) is 21.1. The smallest absolute Gasteiger partial charge is 0.340 e. The van der Waals surface area contributed by atoms with Crippen molar-refractivity contribution in [3.8, 4) is 0 Å². The Balaban J connectivity index is 2.71. The van der Waals surface area contributed by atoms with E-state index in [0.717, 1.165) is 0 Å². The maximum absolute atomic E-state index is 11.7. The summed E-state index contributed by atoms with van der Waals surface area (Å²) in [4.78, 5) is 11.7. The monoisotopic (exact) mass is 358 g/mol. The second-order valence-corrected chi connectivity index (χ2v) is 5.31. The largest absolute Gasteiger partial charge is 0.431 e. The highest BCUT2D eigenvalue weighted by atomic mass is 16.7. The lowest BCUT2D eigenvalue weighted by atomic mass is 9.99. The molecule has 1 aliphatic heterocycles. The zero-order chi connectivity index (χ0) is 18.6. The fourth-order valence-electron chi connectivity index (χ4n) is 2.01. The first-order valence-electron chi connectivity index (χ1n) is 6.99. The first-order chi connectivity index (χ1) is 11.1. The van der Waals surface area contributed by atoms with E-state index in [1.165, 1.54) is 0 Å². The van der Waals surface area contributed by atoms with Gasteiger partial charge in [-0.2, -0.15) is 0 Å². The third-order valence-electron chi connectivity index (χ3n) is 3.58. The fraction of sp³-hybridized carbons (Fsp3) is 0.917. The van der Waals surface area contributed by atoms with Gasteiger partial charge in [-0.25, -0.2) is 4.79 Å². The summed E-state index contributed by atoms with van der Waals surface area (Å²) in [6, 6.07) is 0. The molecular formula is C12H22O12. The number of aliphatic hydroxyl groups excluding tert-OH is 9. The molecule has 9 atom stereocenters. The first-order valence-corrected chi connectivity index (χ1v) is 6.99. The van der Waals surface area contributed by atoms with Crippen molar-refractivity contribution in [1.29, 1.82) is 0 Å². The standard InChI is InChI=1S/C12H22O12/c13-1-3(15)5(16)7(18)9(20)11(22)24-12-10(21)8(19)6(17)4(2-14)23-12/h3-10,12-21H,1-2H2/t3-,4-,5-,6-,7+,8+,9+,10+,12-/m1/s1. The van der Waals surface area contributed by atoms with Crippen molar-refractivity contribution in [1.82, 2.24) is 0 Å². The lowest BCUT2D eigenvalue weighted by Crippen LogP contribution is -2.60. The second kappa shape index (κ2) is 8.96. The van der Waals surface area contributed by atoms with E-state index in [9.17, 15) is 35.4 Å². The van der Waals surface area contributed by atoms with E-state index in [0.29, 0.717) is 0 Å². The van der Waals surface area contributed by atoms with Gasteiger partial charge in [0.1, 0.15) is 42.7 Å². The molecule has 1 rings (SSSR count). The lowest BCUT2D eigenvalue weighted by Gasteiger charge is -2.39. The predicted octanol–water partition coefficient (Wildman–Crippen LogP) is -6.23. The molecule has 0 aliphatic carbocycles. The molecule has 0 saturated carbocycles. The van der Waals surface area contributed by atoms with Gasteiger partial charge in [0.25, 0.3) is 0 Å². The average Bonchev–Trinajstić information content (AvgIpc) is 2.59. The Bertz CT molecular complexity index is 403. The van der Waals surface area contributed by atoms with E-state index < -0.39 is 74.3 Å². The molecule has 1 fully saturated rings. The van der Waals surface area contributed by atoms with E-state index in [1.807, 2.05) is 0 Å². The Morgan fingerprint density at radius 1 is 0.958 bits per heavy atom. The minimum Gasteiger partial charge on any atom is -0.431 e. The van der Waals surface area contributed by atoms with Gasteiger partial charge in [0, 0.05) is 0 Å². The molecule has 12 heteroatoms. The second-order valence-electron chi connectivity index (χ2n) is 5.31. The molecular weight excluding hydrogens is 336 g/mol. The third-order valence-corrected chi connectivity index (χ3v) is 3.58. The summed E-state index contributed by atoms with van der Waals surface area (Å²) >= 11 is 0. The van der Waals surface area contributed by atoms with Gasteiger partial charge in [-0.3, -0.25) is 0 Å². The van der Waals surface area contributed by atoms with Gasteiger partial charge in [0.15, 0.2) is 6.10 Å². The molecule has 0 aromatic rings. The molecule has 0 bridgehead atoms. The molecule has 1 saturated heterocycles. The minimum atomic E-state index is -2.38. The summed E-state index contributed by atoms with van der Waals surface area (Å²) in [6.07, 6.45) is -17.2. The number of carbonyl (C=O) groups is 1. The highest BCUT2D eigenvalue weighted by Crippen LogP contribution is 2.22. The van der Waals surface area contributed by atoms with Gasteiger partial charge in [-0.1, -0.05) is 0 Å². The van der Waals surface area contributed by atoms with Crippen LogP contribution >= 0.6 is 0 Å². The average molecular weight is 358 g/mol. The normalized spacial score (nSPS) is 35.8. The fourth-order valence-corrected chi connectivity index (χ4v) is 2.01. The Labute approximate surface area is 135 Å². The molecule has 1 aliphatic rings. The Morgan fingerprint density at radius 2 is 1.54 bits per heavy atom. The van der Waals surface area contributed by atoms with E-state index >= 15 is 0 Å². The van der Waals surface area contributed by atoms with Crippen LogP contribution in [0.5, 0.6) is 0 Å². The molecule has 12 nitrogen and oxygen atoms in total. The molecule has 0 unspecified atom stereocenters. The maximum Gasteiger partial charge on any atom is 0.340 e. The van der Waals surface area contributed by atoms with E-state index in [4.69, 9.17) is 20.1 Å². The van der Waals surface area contributed by atoms with Crippen LogP contribution in [-0.2, 0) is 14.3 Å². The van der Waals surface area contributed by atoms with Gasteiger partial charge >= 0.3 is 5.97 Å². The number of hydrogen-bond donors (Lipinski definition) is 9. The van der Waals surface area contributed by atoms with Crippen molar-refractivity contribution >= 4 is 5.97 Å².